The third kappa shape index (κ3) is 5.04. The molecule has 8 nitrogen and oxygen atoms in total. The molecule has 1 aromatic heterocycles. The van der Waals surface area contributed by atoms with Crippen molar-refractivity contribution >= 4 is 49.0 Å². The average Bonchev–Trinajstić information content (AvgIpc) is 3.16. The van der Waals surface area contributed by atoms with E-state index in [2.05, 4.69) is 10.0 Å². The normalized spacial score (nSPS) is 12.4. The maximum absolute atomic E-state index is 12.6. The van der Waals surface area contributed by atoms with E-state index < -0.39 is 27.9 Å². The maximum atomic E-state index is 12.6. The predicted octanol–water partition coefficient (Wildman–Crippen LogP) is 3.31. The molecule has 0 spiro atoms. The Morgan fingerprint density at radius 3 is 2.45 bits per heavy atom. The Morgan fingerprint density at radius 2 is 1.81 bits per heavy atom. The first-order valence-electron chi connectivity index (χ1n) is 9.24. The number of hydrogen-bond acceptors (Lipinski definition) is 7. The first kappa shape index (κ1) is 22.7. The van der Waals surface area contributed by atoms with Crippen molar-refractivity contribution in [3.8, 4) is 5.75 Å². The topological polar surface area (TPSA) is 111 Å². The summed E-state index contributed by atoms with van der Waals surface area (Å²) in [6.07, 6.45) is 0. The van der Waals surface area contributed by atoms with E-state index in [9.17, 15) is 18.0 Å². The summed E-state index contributed by atoms with van der Waals surface area (Å²) in [5.74, 6) is -0.371. The molecule has 164 valence electrons. The van der Waals surface area contributed by atoms with Gasteiger partial charge in [0.1, 0.15) is 10.6 Å². The van der Waals surface area contributed by atoms with Crippen LogP contribution in [0.15, 0.2) is 47.4 Å². The van der Waals surface area contributed by atoms with Crippen molar-refractivity contribution in [1.29, 1.82) is 0 Å². The lowest BCUT2D eigenvalue weighted by Gasteiger charge is -2.15. The number of methoxy groups -OCH3 is 2. The van der Waals surface area contributed by atoms with Crippen LogP contribution in [0.4, 0.5) is 5.69 Å². The second-order valence-electron chi connectivity index (χ2n) is 6.82. The molecule has 0 saturated carbocycles. The molecule has 10 heteroatoms. The van der Waals surface area contributed by atoms with Gasteiger partial charge in [-0.3, -0.25) is 4.79 Å². The van der Waals surface area contributed by atoms with Gasteiger partial charge in [0, 0.05) is 10.4 Å². The number of carbonyl (C=O) groups is 2. The summed E-state index contributed by atoms with van der Waals surface area (Å²) in [6.45, 7) is 3.20. The molecule has 0 unspecified atom stereocenters. The molecule has 0 fully saturated rings. The SMILES string of the molecule is COC(=O)c1cc2cc(NC(=O)[C@H](C)NS(=O)(=O)c3ccc(OC)c(C)c3)ccc2s1. The Hall–Kier alpha value is -2.95. The molecule has 3 aromatic rings. The molecule has 0 aliphatic rings. The molecular formula is C21H22N2O6S2. The zero-order valence-corrected chi connectivity index (χ0v) is 19.0. The number of esters is 1. The van der Waals surface area contributed by atoms with Gasteiger partial charge >= 0.3 is 5.97 Å². The van der Waals surface area contributed by atoms with Crippen LogP contribution in [0, 0.1) is 6.92 Å². The number of benzene rings is 2. The highest BCUT2D eigenvalue weighted by Crippen LogP contribution is 2.28. The van der Waals surface area contributed by atoms with Gasteiger partial charge in [-0.05, 0) is 67.3 Å². The summed E-state index contributed by atoms with van der Waals surface area (Å²) in [7, 11) is -1.09. The van der Waals surface area contributed by atoms with E-state index in [-0.39, 0.29) is 4.90 Å². The van der Waals surface area contributed by atoms with Crippen LogP contribution < -0.4 is 14.8 Å². The van der Waals surface area contributed by atoms with Gasteiger partial charge in [0.05, 0.1) is 25.2 Å². The van der Waals surface area contributed by atoms with Crippen molar-refractivity contribution in [1.82, 2.24) is 4.72 Å². The minimum atomic E-state index is -3.90. The number of sulfonamides is 1. The third-order valence-corrected chi connectivity index (χ3v) is 7.21. The second-order valence-corrected chi connectivity index (χ2v) is 9.62. The van der Waals surface area contributed by atoms with Gasteiger partial charge in [-0.2, -0.15) is 4.72 Å². The van der Waals surface area contributed by atoms with E-state index in [1.165, 1.54) is 44.6 Å². The van der Waals surface area contributed by atoms with Crippen LogP contribution in [-0.2, 0) is 19.6 Å². The fraction of sp³-hybridized carbons (Fsp3) is 0.238. The number of thiophene rings is 1. The van der Waals surface area contributed by atoms with Gasteiger partial charge < -0.3 is 14.8 Å². The summed E-state index contributed by atoms with van der Waals surface area (Å²) in [4.78, 5) is 24.7. The van der Waals surface area contributed by atoms with E-state index >= 15 is 0 Å². The highest BCUT2D eigenvalue weighted by atomic mass is 32.2. The Morgan fingerprint density at radius 1 is 1.06 bits per heavy atom. The molecule has 31 heavy (non-hydrogen) atoms. The number of anilines is 1. The molecule has 0 saturated heterocycles. The van der Waals surface area contributed by atoms with Crippen LogP contribution >= 0.6 is 11.3 Å². The second kappa shape index (κ2) is 9.04. The Balaban J connectivity index is 1.72. The summed E-state index contributed by atoms with van der Waals surface area (Å²) in [5, 5.41) is 3.46. The highest BCUT2D eigenvalue weighted by molar-refractivity contribution is 7.89. The first-order chi connectivity index (χ1) is 14.6. The number of rotatable bonds is 7. The van der Waals surface area contributed by atoms with Crippen LogP contribution in [0.2, 0.25) is 0 Å². The van der Waals surface area contributed by atoms with Crippen molar-refractivity contribution in [2.45, 2.75) is 24.8 Å². The zero-order chi connectivity index (χ0) is 22.8. The summed E-state index contributed by atoms with van der Waals surface area (Å²) < 4.78 is 38.4. The van der Waals surface area contributed by atoms with Crippen molar-refractivity contribution in [2.75, 3.05) is 19.5 Å². The largest absolute Gasteiger partial charge is 0.496 e. The van der Waals surface area contributed by atoms with E-state index in [4.69, 9.17) is 9.47 Å². The molecule has 0 bridgehead atoms. The molecule has 0 radical (unpaired) electrons. The molecule has 1 amide bonds. The van der Waals surface area contributed by atoms with Crippen LogP contribution in [0.3, 0.4) is 0 Å². The van der Waals surface area contributed by atoms with Gasteiger partial charge in [-0.15, -0.1) is 11.3 Å². The zero-order valence-electron chi connectivity index (χ0n) is 17.4. The number of hydrogen-bond donors (Lipinski definition) is 2. The van der Waals surface area contributed by atoms with E-state index in [0.29, 0.717) is 21.9 Å². The van der Waals surface area contributed by atoms with Crippen LogP contribution in [-0.4, -0.2) is 40.6 Å². The highest BCUT2D eigenvalue weighted by Gasteiger charge is 2.23. The fourth-order valence-corrected chi connectivity index (χ4v) is 5.19. The van der Waals surface area contributed by atoms with E-state index in [1.54, 1.807) is 37.3 Å². The lowest BCUT2D eigenvalue weighted by atomic mass is 10.2. The molecule has 2 aromatic carbocycles. The fourth-order valence-electron chi connectivity index (χ4n) is 2.95. The van der Waals surface area contributed by atoms with Crippen molar-refractivity contribution in [3.63, 3.8) is 0 Å². The maximum Gasteiger partial charge on any atom is 0.348 e. The van der Waals surface area contributed by atoms with Gasteiger partial charge in [0.25, 0.3) is 0 Å². The quantitative estimate of drug-likeness (QED) is 0.521. The molecule has 0 aliphatic heterocycles. The van der Waals surface area contributed by atoms with Crippen molar-refractivity contribution < 1.29 is 27.5 Å². The molecule has 1 heterocycles. The first-order valence-corrected chi connectivity index (χ1v) is 11.5. The molecule has 3 rings (SSSR count). The summed E-state index contributed by atoms with van der Waals surface area (Å²) in [6, 6.07) is 10.3. The Kier molecular flexibility index (Phi) is 6.63. The monoisotopic (exact) mass is 462 g/mol. The number of amides is 1. The lowest BCUT2D eigenvalue weighted by molar-refractivity contribution is -0.117. The minimum absolute atomic E-state index is 0.0421. The summed E-state index contributed by atoms with van der Waals surface area (Å²) >= 11 is 1.29. The molecule has 0 aliphatic carbocycles. The van der Waals surface area contributed by atoms with Crippen LogP contribution in [0.1, 0.15) is 22.2 Å². The number of ether oxygens (including phenoxy) is 2. The predicted molar refractivity (Wildman–Crippen MR) is 119 cm³/mol. The van der Waals surface area contributed by atoms with Crippen molar-refractivity contribution in [3.05, 3.63) is 52.9 Å². The number of fused-ring (bicyclic) bond motifs is 1. The summed E-state index contributed by atoms with van der Waals surface area (Å²) in [5.41, 5.74) is 1.15. The average molecular weight is 463 g/mol. The van der Waals surface area contributed by atoms with Crippen LogP contribution in [0.5, 0.6) is 5.75 Å². The number of aryl methyl sites for hydroxylation is 1. The lowest BCUT2D eigenvalue weighted by Crippen LogP contribution is -2.41. The molecule has 1 atom stereocenters. The van der Waals surface area contributed by atoms with Crippen molar-refractivity contribution in [2.24, 2.45) is 0 Å². The van der Waals surface area contributed by atoms with Gasteiger partial charge in [-0.25, -0.2) is 13.2 Å². The Bertz CT molecular complexity index is 1250. The van der Waals surface area contributed by atoms with Gasteiger partial charge in [0.15, 0.2) is 0 Å². The standard InChI is InChI=1S/C21H22N2O6S2/c1-12-9-16(6-7-17(12)28-3)31(26,27)23-13(2)20(24)22-15-5-8-18-14(10-15)11-19(30-18)21(25)29-4/h5-11,13,23H,1-4H3,(H,22,24)/t13-/m0/s1. The molecule has 2 N–H and O–H groups in total. The smallest absolute Gasteiger partial charge is 0.348 e. The molecular weight excluding hydrogens is 440 g/mol. The Labute approximate surface area is 184 Å². The van der Waals surface area contributed by atoms with Gasteiger partial charge in [-0.1, -0.05) is 0 Å². The van der Waals surface area contributed by atoms with E-state index in [0.717, 1.165) is 10.1 Å². The third-order valence-electron chi connectivity index (χ3n) is 4.57. The van der Waals surface area contributed by atoms with Gasteiger partial charge in [0.2, 0.25) is 15.9 Å². The van der Waals surface area contributed by atoms with E-state index in [1.807, 2.05) is 0 Å². The number of carbonyl (C=O) groups excluding carboxylic acids is 2. The minimum Gasteiger partial charge on any atom is -0.496 e. The number of nitrogens with one attached hydrogen (secondary N) is 2. The van der Waals surface area contributed by atoms with Crippen LogP contribution in [0.25, 0.3) is 10.1 Å².